The molecule has 2 amide bonds. The zero-order valence-electron chi connectivity index (χ0n) is 18.4. The van der Waals surface area contributed by atoms with Gasteiger partial charge in [0.1, 0.15) is 17.4 Å². The maximum Gasteiger partial charge on any atom is 0.408 e. The predicted octanol–water partition coefficient (Wildman–Crippen LogP) is 4.79. The topological polar surface area (TPSA) is 85.9 Å². The number of alkyl carbamates (subject to hydrolysis) is 1. The third kappa shape index (κ3) is 8.11. The molecule has 0 spiro atoms. The molecule has 0 aromatic heterocycles. The minimum absolute atomic E-state index is 0.280. The summed E-state index contributed by atoms with van der Waals surface area (Å²) in [5.74, 6) is -0.0568. The Morgan fingerprint density at radius 3 is 2.39 bits per heavy atom. The van der Waals surface area contributed by atoms with E-state index in [1.54, 1.807) is 45.9 Å². The fraction of sp³-hybridized carbons (Fsp3) is 0.391. The maximum atomic E-state index is 13.1. The molecule has 8 heteroatoms. The van der Waals surface area contributed by atoms with Crippen LogP contribution in [-0.4, -0.2) is 36.9 Å². The van der Waals surface area contributed by atoms with Crippen molar-refractivity contribution in [3.63, 3.8) is 0 Å². The number of methoxy groups -OCH3 is 1. The molecule has 2 atom stereocenters. The number of benzene rings is 2. The smallest absolute Gasteiger partial charge is 0.408 e. The van der Waals surface area contributed by atoms with Gasteiger partial charge in [0, 0.05) is 5.02 Å². The first-order valence-corrected chi connectivity index (χ1v) is 10.3. The maximum absolute atomic E-state index is 13.1. The van der Waals surface area contributed by atoms with Crippen LogP contribution in [0, 0.1) is 0 Å². The van der Waals surface area contributed by atoms with Crippen molar-refractivity contribution in [3.05, 3.63) is 59.1 Å². The molecule has 0 heterocycles. The SMILES string of the molecule is COc1ccc(Cl)cc1NC(=O)[C@H](NC(=O)OC(C)(C)C)[C@@H](C)OCc1ccccc1. The number of halogens is 1. The standard InChI is InChI=1S/C23H29ClN2O5/c1-15(30-14-16-9-7-6-8-10-16)20(26-22(28)31-23(2,3)4)21(27)25-18-13-17(24)11-12-19(18)29-5/h6-13,15,20H,14H2,1-5H3,(H,25,27)(H,26,28)/t15-,20-/m1/s1. The number of amides is 2. The summed E-state index contributed by atoms with van der Waals surface area (Å²) in [6.45, 7) is 7.22. The average molecular weight is 449 g/mol. The molecular weight excluding hydrogens is 420 g/mol. The van der Waals surface area contributed by atoms with Crippen LogP contribution in [0.3, 0.4) is 0 Å². The zero-order valence-corrected chi connectivity index (χ0v) is 19.2. The lowest BCUT2D eigenvalue weighted by molar-refractivity contribution is -0.122. The van der Waals surface area contributed by atoms with Gasteiger partial charge in [-0.25, -0.2) is 4.79 Å². The van der Waals surface area contributed by atoms with Gasteiger partial charge in [0.25, 0.3) is 0 Å². The number of rotatable bonds is 8. The molecule has 0 aliphatic rings. The first-order valence-electron chi connectivity index (χ1n) is 9.88. The van der Waals surface area contributed by atoms with Crippen molar-refractivity contribution in [2.24, 2.45) is 0 Å². The van der Waals surface area contributed by atoms with Crippen LogP contribution in [0.25, 0.3) is 0 Å². The summed E-state index contributed by atoms with van der Waals surface area (Å²) in [6.07, 6.45) is -1.38. The fourth-order valence-electron chi connectivity index (χ4n) is 2.72. The number of carbonyl (C=O) groups is 2. The lowest BCUT2D eigenvalue weighted by atomic mass is 10.1. The molecule has 0 radical (unpaired) electrons. The van der Waals surface area contributed by atoms with E-state index in [0.29, 0.717) is 16.5 Å². The molecule has 2 rings (SSSR count). The molecule has 0 aliphatic carbocycles. The van der Waals surface area contributed by atoms with Crippen molar-refractivity contribution in [1.29, 1.82) is 0 Å². The fourth-order valence-corrected chi connectivity index (χ4v) is 2.89. The quantitative estimate of drug-likeness (QED) is 0.606. The molecule has 168 valence electrons. The molecule has 2 N–H and O–H groups in total. The van der Waals surface area contributed by atoms with Gasteiger partial charge in [0.15, 0.2) is 0 Å². The third-order valence-electron chi connectivity index (χ3n) is 4.20. The van der Waals surface area contributed by atoms with Gasteiger partial charge in [-0.3, -0.25) is 4.79 Å². The molecule has 0 saturated heterocycles. The Bertz CT molecular complexity index is 883. The van der Waals surface area contributed by atoms with Gasteiger partial charge in [-0.15, -0.1) is 0 Å². The minimum atomic E-state index is -1.03. The molecule has 0 saturated carbocycles. The Morgan fingerprint density at radius 2 is 1.77 bits per heavy atom. The highest BCUT2D eigenvalue weighted by Gasteiger charge is 2.30. The van der Waals surface area contributed by atoms with Gasteiger partial charge in [0.2, 0.25) is 5.91 Å². The van der Waals surface area contributed by atoms with E-state index in [-0.39, 0.29) is 6.61 Å². The number of nitrogens with one attached hydrogen (secondary N) is 2. The highest BCUT2D eigenvalue weighted by Crippen LogP contribution is 2.28. The molecule has 0 fully saturated rings. The second kappa shape index (κ2) is 11.0. The summed E-state index contributed by atoms with van der Waals surface area (Å²) in [5, 5.41) is 5.79. The first-order chi connectivity index (χ1) is 14.6. The summed E-state index contributed by atoms with van der Waals surface area (Å²) in [5.41, 5.74) is 0.614. The molecular formula is C23H29ClN2O5. The van der Waals surface area contributed by atoms with E-state index in [0.717, 1.165) is 5.56 Å². The second-order valence-electron chi connectivity index (χ2n) is 7.96. The number of ether oxygens (including phenoxy) is 3. The summed E-state index contributed by atoms with van der Waals surface area (Å²) in [4.78, 5) is 25.5. The van der Waals surface area contributed by atoms with Crippen LogP contribution in [0.15, 0.2) is 48.5 Å². The number of hydrogen-bond acceptors (Lipinski definition) is 5. The summed E-state index contributed by atoms with van der Waals surface area (Å²) >= 11 is 6.05. The van der Waals surface area contributed by atoms with E-state index in [9.17, 15) is 9.59 Å². The van der Waals surface area contributed by atoms with Crippen molar-refractivity contribution in [1.82, 2.24) is 5.32 Å². The van der Waals surface area contributed by atoms with Gasteiger partial charge in [-0.05, 0) is 51.5 Å². The Kier molecular flexibility index (Phi) is 8.71. The average Bonchev–Trinajstić information content (AvgIpc) is 2.70. The summed E-state index contributed by atoms with van der Waals surface area (Å²) in [7, 11) is 1.49. The normalized spacial score (nSPS) is 13.1. The molecule has 31 heavy (non-hydrogen) atoms. The highest BCUT2D eigenvalue weighted by molar-refractivity contribution is 6.31. The third-order valence-corrected chi connectivity index (χ3v) is 4.43. The van der Waals surface area contributed by atoms with E-state index in [2.05, 4.69) is 10.6 Å². The van der Waals surface area contributed by atoms with Crippen molar-refractivity contribution >= 4 is 29.3 Å². The first kappa shape index (κ1) is 24.5. The Hall–Kier alpha value is -2.77. The summed E-state index contributed by atoms with van der Waals surface area (Å²) < 4.78 is 16.5. The Morgan fingerprint density at radius 1 is 1.10 bits per heavy atom. The second-order valence-corrected chi connectivity index (χ2v) is 8.40. The lowest BCUT2D eigenvalue weighted by Crippen LogP contribution is -2.52. The van der Waals surface area contributed by atoms with Gasteiger partial charge >= 0.3 is 6.09 Å². The van der Waals surface area contributed by atoms with Crippen molar-refractivity contribution in [2.45, 2.75) is 52.0 Å². The van der Waals surface area contributed by atoms with Crippen molar-refractivity contribution in [3.8, 4) is 5.75 Å². The lowest BCUT2D eigenvalue weighted by Gasteiger charge is -2.27. The van der Waals surface area contributed by atoms with Crippen LogP contribution in [0.4, 0.5) is 10.5 Å². The van der Waals surface area contributed by atoms with E-state index in [4.69, 9.17) is 25.8 Å². The molecule has 0 aliphatic heterocycles. The Balaban J connectivity index is 2.18. The molecule has 2 aromatic carbocycles. The zero-order chi connectivity index (χ0) is 23.0. The van der Waals surface area contributed by atoms with E-state index in [1.165, 1.54) is 7.11 Å². The van der Waals surface area contributed by atoms with Crippen LogP contribution in [-0.2, 0) is 20.9 Å². The predicted molar refractivity (Wildman–Crippen MR) is 120 cm³/mol. The van der Waals surface area contributed by atoms with Crippen LogP contribution in [0.2, 0.25) is 5.02 Å². The molecule has 2 aromatic rings. The molecule has 7 nitrogen and oxygen atoms in total. The van der Waals surface area contributed by atoms with Crippen LogP contribution >= 0.6 is 11.6 Å². The minimum Gasteiger partial charge on any atom is -0.495 e. The van der Waals surface area contributed by atoms with Crippen LogP contribution in [0.1, 0.15) is 33.3 Å². The summed E-state index contributed by atoms with van der Waals surface area (Å²) in [6, 6.07) is 13.4. The molecule has 0 bridgehead atoms. The Labute approximate surface area is 188 Å². The number of hydrogen-bond donors (Lipinski definition) is 2. The van der Waals surface area contributed by atoms with E-state index < -0.39 is 29.7 Å². The van der Waals surface area contributed by atoms with Gasteiger partial charge in [0.05, 0.1) is 25.5 Å². The largest absolute Gasteiger partial charge is 0.495 e. The monoisotopic (exact) mass is 448 g/mol. The van der Waals surface area contributed by atoms with Crippen molar-refractivity contribution in [2.75, 3.05) is 12.4 Å². The number of carbonyl (C=O) groups excluding carboxylic acids is 2. The van der Waals surface area contributed by atoms with Crippen LogP contribution < -0.4 is 15.4 Å². The van der Waals surface area contributed by atoms with Gasteiger partial charge in [-0.1, -0.05) is 41.9 Å². The highest BCUT2D eigenvalue weighted by atomic mass is 35.5. The number of anilines is 1. The van der Waals surface area contributed by atoms with E-state index in [1.807, 2.05) is 30.3 Å². The van der Waals surface area contributed by atoms with Gasteiger partial charge in [-0.2, -0.15) is 0 Å². The van der Waals surface area contributed by atoms with Gasteiger partial charge < -0.3 is 24.8 Å². The van der Waals surface area contributed by atoms with E-state index >= 15 is 0 Å². The molecule has 0 unspecified atom stereocenters. The van der Waals surface area contributed by atoms with Crippen molar-refractivity contribution < 1.29 is 23.8 Å². The van der Waals surface area contributed by atoms with Crippen LogP contribution in [0.5, 0.6) is 5.75 Å².